The van der Waals surface area contributed by atoms with E-state index in [2.05, 4.69) is 0 Å². The van der Waals surface area contributed by atoms with Crippen LogP contribution in [0.15, 0.2) is 0 Å². The molecule has 0 bridgehead atoms. The summed E-state index contributed by atoms with van der Waals surface area (Å²) >= 11 is 0. The van der Waals surface area contributed by atoms with Gasteiger partial charge in [-0.3, -0.25) is 9.59 Å². The van der Waals surface area contributed by atoms with Crippen LogP contribution in [0.2, 0.25) is 0 Å². The predicted molar refractivity (Wildman–Crippen MR) is 45.1 cm³/mol. The van der Waals surface area contributed by atoms with E-state index in [1.54, 1.807) is 0 Å². The maximum atomic E-state index is 10.6. The molecule has 4 heteroatoms. The SMILES string of the molecule is CC(=O)O[C@@H]1CCC[C@H](C(=O)O)C1. The number of carbonyl (C=O) groups is 2. The molecule has 0 aromatic carbocycles. The van der Waals surface area contributed by atoms with Crippen molar-refractivity contribution in [2.75, 3.05) is 0 Å². The first-order chi connectivity index (χ1) is 6.09. The molecule has 0 heterocycles. The van der Waals surface area contributed by atoms with Crippen LogP contribution in [0.3, 0.4) is 0 Å². The van der Waals surface area contributed by atoms with Gasteiger partial charge in [-0.15, -0.1) is 0 Å². The lowest BCUT2D eigenvalue weighted by atomic mass is 9.87. The second-order valence-corrected chi connectivity index (χ2v) is 3.43. The first kappa shape index (κ1) is 10.0. The number of carboxylic acids is 1. The van der Waals surface area contributed by atoms with Gasteiger partial charge in [0, 0.05) is 6.92 Å². The van der Waals surface area contributed by atoms with E-state index in [4.69, 9.17) is 9.84 Å². The van der Waals surface area contributed by atoms with E-state index in [-0.39, 0.29) is 18.0 Å². The normalized spacial score (nSPS) is 28.1. The van der Waals surface area contributed by atoms with E-state index >= 15 is 0 Å². The van der Waals surface area contributed by atoms with Crippen LogP contribution in [0.5, 0.6) is 0 Å². The van der Waals surface area contributed by atoms with E-state index in [0.717, 1.165) is 12.8 Å². The summed E-state index contributed by atoms with van der Waals surface area (Å²) < 4.78 is 4.97. The number of rotatable bonds is 2. The Bertz CT molecular complexity index is 212. The minimum absolute atomic E-state index is 0.188. The fourth-order valence-corrected chi connectivity index (χ4v) is 1.71. The van der Waals surface area contributed by atoms with E-state index < -0.39 is 5.97 Å². The second-order valence-electron chi connectivity index (χ2n) is 3.43. The Morgan fingerprint density at radius 3 is 2.62 bits per heavy atom. The van der Waals surface area contributed by atoms with Crippen molar-refractivity contribution in [2.24, 2.45) is 5.92 Å². The molecule has 1 N–H and O–H groups in total. The van der Waals surface area contributed by atoms with Gasteiger partial charge in [0.15, 0.2) is 0 Å². The predicted octanol–water partition coefficient (Wildman–Crippen LogP) is 1.19. The molecule has 0 aromatic heterocycles. The molecule has 2 atom stereocenters. The summed E-state index contributed by atoms with van der Waals surface area (Å²) in [5.74, 6) is -1.44. The summed E-state index contributed by atoms with van der Waals surface area (Å²) in [6.45, 7) is 1.35. The third-order valence-electron chi connectivity index (χ3n) is 2.31. The summed E-state index contributed by atoms with van der Waals surface area (Å²) in [6.07, 6.45) is 2.60. The van der Waals surface area contributed by atoms with Gasteiger partial charge < -0.3 is 9.84 Å². The zero-order valence-electron chi connectivity index (χ0n) is 7.66. The summed E-state index contributed by atoms with van der Waals surface area (Å²) in [5, 5.41) is 8.75. The van der Waals surface area contributed by atoms with Crippen LogP contribution in [0.4, 0.5) is 0 Å². The molecule has 13 heavy (non-hydrogen) atoms. The fourth-order valence-electron chi connectivity index (χ4n) is 1.71. The zero-order chi connectivity index (χ0) is 9.84. The maximum Gasteiger partial charge on any atom is 0.306 e. The molecule has 0 aromatic rings. The highest BCUT2D eigenvalue weighted by molar-refractivity contribution is 5.70. The van der Waals surface area contributed by atoms with E-state index in [9.17, 15) is 9.59 Å². The average Bonchev–Trinajstić information content (AvgIpc) is 2.03. The lowest BCUT2D eigenvalue weighted by molar-refractivity contribution is -0.153. The molecule has 4 nitrogen and oxygen atoms in total. The highest BCUT2D eigenvalue weighted by Gasteiger charge is 2.28. The van der Waals surface area contributed by atoms with Crippen LogP contribution >= 0.6 is 0 Å². The quantitative estimate of drug-likeness (QED) is 0.658. The number of aliphatic carboxylic acids is 1. The summed E-state index contributed by atoms with van der Waals surface area (Å²) in [5.41, 5.74) is 0. The van der Waals surface area contributed by atoms with Crippen LogP contribution in [0, 0.1) is 5.92 Å². The van der Waals surface area contributed by atoms with Gasteiger partial charge in [-0.05, 0) is 25.7 Å². The van der Waals surface area contributed by atoms with Crippen molar-refractivity contribution in [1.29, 1.82) is 0 Å². The van der Waals surface area contributed by atoms with Gasteiger partial charge in [0.05, 0.1) is 5.92 Å². The van der Waals surface area contributed by atoms with Crippen molar-refractivity contribution in [3.05, 3.63) is 0 Å². The van der Waals surface area contributed by atoms with Crippen LogP contribution in [0.1, 0.15) is 32.6 Å². The van der Waals surface area contributed by atoms with Crippen molar-refractivity contribution in [3.63, 3.8) is 0 Å². The Hall–Kier alpha value is -1.06. The van der Waals surface area contributed by atoms with Gasteiger partial charge in [0.1, 0.15) is 6.10 Å². The Morgan fingerprint density at radius 1 is 1.38 bits per heavy atom. The van der Waals surface area contributed by atoms with Gasteiger partial charge >= 0.3 is 11.9 Å². The average molecular weight is 186 g/mol. The zero-order valence-corrected chi connectivity index (χ0v) is 7.66. The van der Waals surface area contributed by atoms with Gasteiger partial charge in [-0.1, -0.05) is 0 Å². The molecule has 1 saturated carbocycles. The molecule has 0 spiro atoms. The summed E-state index contributed by atoms with van der Waals surface area (Å²) in [4.78, 5) is 21.3. The van der Waals surface area contributed by atoms with Crippen LogP contribution in [0.25, 0.3) is 0 Å². The molecule has 1 aliphatic carbocycles. The van der Waals surface area contributed by atoms with E-state index in [0.29, 0.717) is 12.8 Å². The van der Waals surface area contributed by atoms with Crippen molar-refractivity contribution in [1.82, 2.24) is 0 Å². The smallest absolute Gasteiger partial charge is 0.306 e. The van der Waals surface area contributed by atoms with Crippen molar-refractivity contribution >= 4 is 11.9 Å². The van der Waals surface area contributed by atoms with Gasteiger partial charge in [-0.25, -0.2) is 0 Å². The largest absolute Gasteiger partial charge is 0.481 e. The Labute approximate surface area is 76.9 Å². The van der Waals surface area contributed by atoms with Crippen molar-refractivity contribution in [2.45, 2.75) is 38.7 Å². The molecule has 0 radical (unpaired) electrons. The number of carbonyl (C=O) groups excluding carboxylic acids is 1. The lowest BCUT2D eigenvalue weighted by Crippen LogP contribution is -2.28. The topological polar surface area (TPSA) is 63.6 Å². The number of ether oxygens (including phenoxy) is 1. The Balaban J connectivity index is 2.41. The standard InChI is InChI=1S/C9H14O4/c1-6(10)13-8-4-2-3-7(5-8)9(11)12/h7-8H,2-5H2,1H3,(H,11,12)/t7-,8+/m0/s1. The van der Waals surface area contributed by atoms with Crippen LogP contribution in [-0.4, -0.2) is 23.1 Å². The molecule has 0 unspecified atom stereocenters. The number of hydrogen-bond donors (Lipinski definition) is 1. The first-order valence-corrected chi connectivity index (χ1v) is 4.49. The monoisotopic (exact) mass is 186 g/mol. The van der Waals surface area contributed by atoms with Crippen molar-refractivity contribution in [3.8, 4) is 0 Å². The molecule has 0 aliphatic heterocycles. The Morgan fingerprint density at radius 2 is 2.08 bits per heavy atom. The van der Waals surface area contributed by atoms with Gasteiger partial charge in [0.25, 0.3) is 0 Å². The second kappa shape index (κ2) is 4.25. The van der Waals surface area contributed by atoms with Gasteiger partial charge in [-0.2, -0.15) is 0 Å². The maximum absolute atomic E-state index is 10.6. The number of carboxylic acid groups (broad SMARTS) is 1. The molecule has 0 saturated heterocycles. The lowest BCUT2D eigenvalue weighted by Gasteiger charge is -2.25. The number of hydrogen-bond acceptors (Lipinski definition) is 3. The third kappa shape index (κ3) is 3.05. The third-order valence-corrected chi connectivity index (χ3v) is 2.31. The molecule has 0 amide bonds. The summed E-state index contributed by atoms with van der Waals surface area (Å²) in [7, 11) is 0. The fraction of sp³-hybridized carbons (Fsp3) is 0.778. The molecular weight excluding hydrogens is 172 g/mol. The molecule has 1 rings (SSSR count). The Kier molecular flexibility index (Phi) is 3.28. The van der Waals surface area contributed by atoms with E-state index in [1.807, 2.05) is 0 Å². The molecule has 74 valence electrons. The van der Waals surface area contributed by atoms with Crippen LogP contribution in [-0.2, 0) is 14.3 Å². The summed E-state index contributed by atoms with van der Waals surface area (Å²) in [6, 6.07) is 0. The first-order valence-electron chi connectivity index (χ1n) is 4.49. The molecule has 1 fully saturated rings. The van der Waals surface area contributed by atoms with E-state index in [1.165, 1.54) is 6.92 Å². The minimum atomic E-state index is -0.781. The van der Waals surface area contributed by atoms with Crippen molar-refractivity contribution < 1.29 is 19.4 Å². The van der Waals surface area contributed by atoms with Gasteiger partial charge in [0.2, 0.25) is 0 Å². The highest BCUT2D eigenvalue weighted by atomic mass is 16.5. The molecular formula is C9H14O4. The highest BCUT2D eigenvalue weighted by Crippen LogP contribution is 2.26. The minimum Gasteiger partial charge on any atom is -0.481 e. The number of esters is 1. The molecule has 1 aliphatic rings. The van der Waals surface area contributed by atoms with Crippen LogP contribution < -0.4 is 0 Å².